The molecule has 55 heavy (non-hydrogen) atoms. The number of ether oxygens (including phenoxy) is 2. The molecule has 0 saturated carbocycles. The van der Waals surface area contributed by atoms with Gasteiger partial charge in [-0.2, -0.15) is 0 Å². The second kappa shape index (κ2) is 38.9. The first-order chi connectivity index (χ1) is 27.0. The van der Waals surface area contributed by atoms with Crippen LogP contribution in [0.25, 0.3) is 0 Å². The zero-order valence-electron chi connectivity index (χ0n) is 36.8. The van der Waals surface area contributed by atoms with Crippen LogP contribution in [0.15, 0.2) is 18.2 Å². The molecule has 0 saturated heterocycles. The van der Waals surface area contributed by atoms with E-state index in [0.29, 0.717) is 19.4 Å². The Morgan fingerprint density at radius 2 is 0.927 bits per heavy atom. The van der Waals surface area contributed by atoms with Gasteiger partial charge in [-0.1, -0.05) is 162 Å². The van der Waals surface area contributed by atoms with Crippen molar-refractivity contribution >= 4 is 11.9 Å². The zero-order chi connectivity index (χ0) is 39.9. The summed E-state index contributed by atoms with van der Waals surface area (Å²) < 4.78 is 11.3. The Bertz CT molecular complexity index is 1010. The van der Waals surface area contributed by atoms with E-state index in [4.69, 9.17) is 15.2 Å². The maximum absolute atomic E-state index is 12.8. The summed E-state index contributed by atoms with van der Waals surface area (Å²) in [7, 11) is 0. The van der Waals surface area contributed by atoms with E-state index in [1.54, 1.807) is 0 Å². The van der Waals surface area contributed by atoms with Crippen molar-refractivity contribution in [3.05, 3.63) is 29.3 Å². The van der Waals surface area contributed by atoms with E-state index in [-0.39, 0.29) is 11.9 Å². The lowest BCUT2D eigenvalue weighted by Gasteiger charge is -2.22. The number of esters is 2. The summed E-state index contributed by atoms with van der Waals surface area (Å²) in [5, 5.41) is 0. The van der Waals surface area contributed by atoms with Gasteiger partial charge in [-0.15, -0.1) is 0 Å². The van der Waals surface area contributed by atoms with Crippen LogP contribution in [0.2, 0.25) is 0 Å². The molecule has 0 unspecified atom stereocenters. The van der Waals surface area contributed by atoms with Crippen molar-refractivity contribution in [2.75, 3.05) is 32.8 Å². The van der Waals surface area contributed by atoms with Crippen LogP contribution < -0.4 is 10.5 Å². The number of nitrogens with two attached hydrogens (primary N) is 1. The van der Waals surface area contributed by atoms with E-state index in [1.807, 2.05) is 6.07 Å². The number of benzene rings is 1. The first kappa shape index (κ1) is 51.1. The fourth-order valence-electron chi connectivity index (χ4n) is 7.58. The molecule has 0 aliphatic rings. The highest BCUT2D eigenvalue weighted by molar-refractivity contribution is 5.72. The minimum absolute atomic E-state index is 0.0181. The second-order valence-corrected chi connectivity index (χ2v) is 16.4. The van der Waals surface area contributed by atoms with Crippen molar-refractivity contribution in [1.82, 2.24) is 4.90 Å². The minimum Gasteiger partial charge on any atom is -0.466 e. The molecular formula is C49H90N2O4. The van der Waals surface area contributed by atoms with Gasteiger partial charge in [-0.05, 0) is 114 Å². The van der Waals surface area contributed by atoms with Crippen molar-refractivity contribution in [2.24, 2.45) is 5.73 Å². The minimum atomic E-state index is -0.0930. The lowest BCUT2D eigenvalue weighted by molar-refractivity contribution is -0.144. The van der Waals surface area contributed by atoms with Crippen LogP contribution in [0.4, 0.5) is 0 Å². The fraction of sp³-hybridized carbons (Fsp3) is 0.837. The number of rotatable bonds is 41. The van der Waals surface area contributed by atoms with Crippen LogP contribution in [0.1, 0.15) is 231 Å². The molecule has 0 aliphatic carbocycles. The number of carbonyl (C=O) groups is 2. The van der Waals surface area contributed by atoms with Crippen LogP contribution in [0, 0.1) is 0 Å². The SMILES string of the molecule is CCCCCCCCCOC(=O)CCCCCCCN(CCCN)CCCCCCCC(=O)Oc1ccc(CCCCCCC)c(CCCCCCCC)c1. The summed E-state index contributed by atoms with van der Waals surface area (Å²) in [6.45, 7) is 11.5. The first-order valence-electron chi connectivity index (χ1n) is 23.9. The standard InChI is InChI=1S/C49H90N2O4/c1-4-7-10-13-15-24-31-43-54-48(52)35-27-20-16-22-29-40-51(42-32-39-50)41-30-23-17-21-28-36-49(53)55-47-38-37-45(33-25-18-12-9-6-3)46(44-47)34-26-19-14-11-8-5-2/h37-38,44H,4-36,39-43,50H2,1-3H3. The zero-order valence-corrected chi connectivity index (χ0v) is 36.8. The van der Waals surface area contributed by atoms with Crippen molar-refractivity contribution in [1.29, 1.82) is 0 Å². The average Bonchev–Trinajstić information content (AvgIpc) is 3.18. The third-order valence-electron chi connectivity index (χ3n) is 11.2. The van der Waals surface area contributed by atoms with E-state index in [9.17, 15) is 9.59 Å². The maximum atomic E-state index is 12.8. The van der Waals surface area contributed by atoms with Crippen LogP contribution in [0.3, 0.4) is 0 Å². The largest absolute Gasteiger partial charge is 0.466 e. The molecule has 6 heteroatoms. The Balaban J connectivity index is 2.23. The molecule has 2 N–H and O–H groups in total. The summed E-state index contributed by atoms with van der Waals surface area (Å²) in [4.78, 5) is 27.4. The Labute approximate surface area is 341 Å². The molecule has 1 rings (SSSR count). The number of unbranched alkanes of at least 4 members (excludes halogenated alkanes) is 23. The molecule has 0 aromatic heterocycles. The Hall–Kier alpha value is -1.92. The summed E-state index contributed by atoms with van der Waals surface area (Å²) in [5.74, 6) is 0.618. The molecule has 320 valence electrons. The molecule has 0 bridgehead atoms. The number of carbonyl (C=O) groups excluding carboxylic acids is 2. The van der Waals surface area contributed by atoms with Gasteiger partial charge in [0.2, 0.25) is 0 Å². The molecule has 6 nitrogen and oxygen atoms in total. The molecule has 0 radical (unpaired) electrons. The van der Waals surface area contributed by atoms with E-state index in [1.165, 1.54) is 152 Å². The van der Waals surface area contributed by atoms with Crippen molar-refractivity contribution in [2.45, 2.75) is 233 Å². The van der Waals surface area contributed by atoms with Crippen LogP contribution in [-0.4, -0.2) is 49.6 Å². The monoisotopic (exact) mass is 771 g/mol. The average molecular weight is 771 g/mol. The molecule has 0 amide bonds. The van der Waals surface area contributed by atoms with Crippen molar-refractivity contribution in [3.63, 3.8) is 0 Å². The highest BCUT2D eigenvalue weighted by atomic mass is 16.5. The molecule has 0 spiro atoms. The highest BCUT2D eigenvalue weighted by Gasteiger charge is 2.10. The number of hydrogen-bond donors (Lipinski definition) is 1. The quantitative estimate of drug-likeness (QED) is 0.0406. The summed E-state index contributed by atoms with van der Waals surface area (Å²) in [6.07, 6.45) is 38.5. The fourth-order valence-corrected chi connectivity index (χ4v) is 7.58. The lowest BCUT2D eigenvalue weighted by Crippen LogP contribution is -2.28. The summed E-state index contributed by atoms with van der Waals surface area (Å²) in [5.41, 5.74) is 8.68. The summed E-state index contributed by atoms with van der Waals surface area (Å²) in [6, 6.07) is 6.42. The predicted octanol–water partition coefficient (Wildman–Crippen LogP) is 13.6. The van der Waals surface area contributed by atoms with Crippen molar-refractivity contribution < 1.29 is 19.1 Å². The Morgan fingerprint density at radius 3 is 1.47 bits per heavy atom. The highest BCUT2D eigenvalue weighted by Crippen LogP contribution is 2.24. The van der Waals surface area contributed by atoms with E-state index in [2.05, 4.69) is 37.8 Å². The first-order valence-corrected chi connectivity index (χ1v) is 23.9. The maximum Gasteiger partial charge on any atom is 0.311 e. The molecule has 1 aromatic carbocycles. The number of nitrogens with zero attached hydrogens (tertiary/aromatic N) is 1. The van der Waals surface area contributed by atoms with Gasteiger partial charge in [-0.25, -0.2) is 0 Å². The van der Waals surface area contributed by atoms with Crippen molar-refractivity contribution in [3.8, 4) is 5.75 Å². The number of hydrogen-bond acceptors (Lipinski definition) is 6. The lowest BCUT2D eigenvalue weighted by atomic mass is 9.96. The molecule has 0 heterocycles. The Morgan fingerprint density at radius 1 is 0.491 bits per heavy atom. The third-order valence-corrected chi connectivity index (χ3v) is 11.2. The predicted molar refractivity (Wildman–Crippen MR) is 236 cm³/mol. The normalized spacial score (nSPS) is 11.4. The van der Waals surface area contributed by atoms with Gasteiger partial charge < -0.3 is 20.1 Å². The molecular weight excluding hydrogens is 681 g/mol. The van der Waals surface area contributed by atoms with Gasteiger partial charge in [0.1, 0.15) is 5.75 Å². The molecule has 0 fully saturated rings. The van der Waals surface area contributed by atoms with Gasteiger partial charge in [0.25, 0.3) is 0 Å². The van der Waals surface area contributed by atoms with Crippen LogP contribution in [0.5, 0.6) is 5.75 Å². The van der Waals surface area contributed by atoms with Crippen LogP contribution >= 0.6 is 0 Å². The molecule has 0 atom stereocenters. The van der Waals surface area contributed by atoms with E-state index in [0.717, 1.165) is 89.7 Å². The second-order valence-electron chi connectivity index (χ2n) is 16.4. The smallest absolute Gasteiger partial charge is 0.311 e. The van der Waals surface area contributed by atoms with E-state index >= 15 is 0 Å². The van der Waals surface area contributed by atoms with Gasteiger partial charge >= 0.3 is 11.9 Å². The van der Waals surface area contributed by atoms with Gasteiger partial charge in [0, 0.05) is 12.8 Å². The molecule has 1 aromatic rings. The Kier molecular flexibility index (Phi) is 36.2. The third kappa shape index (κ3) is 31.8. The summed E-state index contributed by atoms with van der Waals surface area (Å²) >= 11 is 0. The van der Waals surface area contributed by atoms with Crippen LogP contribution in [-0.2, 0) is 27.2 Å². The van der Waals surface area contributed by atoms with Gasteiger partial charge in [0.05, 0.1) is 6.61 Å². The topological polar surface area (TPSA) is 81.9 Å². The number of aryl methyl sites for hydroxylation is 2. The van der Waals surface area contributed by atoms with E-state index < -0.39 is 0 Å². The van der Waals surface area contributed by atoms with Gasteiger partial charge in [-0.3, -0.25) is 9.59 Å². The molecule has 0 aliphatic heterocycles. The van der Waals surface area contributed by atoms with Gasteiger partial charge in [0.15, 0.2) is 0 Å².